The number of carbonyl (C=O) groups excluding carboxylic acids is 1. The Morgan fingerprint density at radius 2 is 1.72 bits per heavy atom. The van der Waals surface area contributed by atoms with Crippen LogP contribution in [0.2, 0.25) is 0 Å². The topological polar surface area (TPSA) is 85.0 Å². The molecule has 0 bridgehead atoms. The highest BCUT2D eigenvalue weighted by molar-refractivity contribution is 6.08. The third-order valence-corrected chi connectivity index (χ3v) is 6.70. The van der Waals surface area contributed by atoms with Crippen molar-refractivity contribution in [3.8, 4) is 5.69 Å². The number of nitrogens with one attached hydrogen (secondary N) is 1. The molecule has 3 heterocycles. The van der Waals surface area contributed by atoms with E-state index in [1.807, 2.05) is 23.0 Å². The third-order valence-electron chi connectivity index (χ3n) is 6.70. The molecule has 2 fully saturated rings. The molecule has 1 aliphatic carbocycles. The van der Waals surface area contributed by atoms with Gasteiger partial charge in [0.2, 0.25) is 0 Å². The Hall–Kier alpha value is -4.08. The molecule has 1 amide bonds. The van der Waals surface area contributed by atoms with E-state index in [0.717, 1.165) is 67.3 Å². The monoisotopic (exact) mass is 490 g/mol. The predicted molar refractivity (Wildman–Crippen MR) is 132 cm³/mol. The molecule has 1 aliphatic heterocycles. The molecule has 184 valence electrons. The number of hydrogen-bond acceptors (Lipinski definition) is 5. The van der Waals surface area contributed by atoms with Gasteiger partial charge in [-0.2, -0.15) is 14.9 Å². The summed E-state index contributed by atoms with van der Waals surface area (Å²) in [6.07, 6.45) is 6.60. The molecule has 0 unspecified atom stereocenters. The van der Waals surface area contributed by atoms with Crippen molar-refractivity contribution in [1.82, 2.24) is 19.6 Å². The summed E-state index contributed by atoms with van der Waals surface area (Å²) in [6, 6.07) is 9.25. The molecule has 1 saturated heterocycles. The molecule has 1 N–H and O–H groups in total. The van der Waals surface area contributed by atoms with Crippen LogP contribution in [0.1, 0.15) is 36.2 Å². The second-order valence-corrected chi connectivity index (χ2v) is 9.38. The number of fused-ring (bicyclic) bond motifs is 1. The second kappa shape index (κ2) is 8.85. The first-order valence-electron chi connectivity index (χ1n) is 12.1. The molecule has 4 aromatic rings. The van der Waals surface area contributed by atoms with Crippen molar-refractivity contribution in [2.75, 3.05) is 23.3 Å². The lowest BCUT2D eigenvalue weighted by atomic mass is 10.1. The first kappa shape index (κ1) is 22.4. The van der Waals surface area contributed by atoms with E-state index in [2.05, 4.69) is 15.3 Å². The zero-order chi connectivity index (χ0) is 24.8. The summed E-state index contributed by atoms with van der Waals surface area (Å²) in [4.78, 5) is 27.8. The summed E-state index contributed by atoms with van der Waals surface area (Å²) < 4.78 is 31.2. The minimum atomic E-state index is -0.952. The second-order valence-electron chi connectivity index (χ2n) is 9.38. The van der Waals surface area contributed by atoms with Gasteiger partial charge in [-0.25, -0.2) is 8.78 Å². The largest absolute Gasteiger partial charge is 0.369 e. The van der Waals surface area contributed by atoms with E-state index in [1.54, 1.807) is 0 Å². The zero-order valence-corrected chi connectivity index (χ0v) is 19.5. The van der Waals surface area contributed by atoms with Crippen molar-refractivity contribution in [3.05, 3.63) is 76.3 Å². The van der Waals surface area contributed by atoms with Crippen LogP contribution in [0.3, 0.4) is 0 Å². The molecule has 8 nitrogen and oxygen atoms in total. The summed E-state index contributed by atoms with van der Waals surface area (Å²) in [7, 11) is 0. The van der Waals surface area contributed by atoms with Gasteiger partial charge in [-0.3, -0.25) is 14.3 Å². The van der Waals surface area contributed by atoms with E-state index in [0.29, 0.717) is 16.3 Å². The third kappa shape index (κ3) is 4.12. The van der Waals surface area contributed by atoms with Gasteiger partial charge in [0.05, 0.1) is 16.9 Å². The number of hydrogen-bond donors (Lipinski definition) is 1. The molecule has 0 spiro atoms. The number of nitrogens with zero attached hydrogens (tertiary/aromatic N) is 5. The summed E-state index contributed by atoms with van der Waals surface area (Å²) in [5.41, 5.74) is 0.828. The van der Waals surface area contributed by atoms with Gasteiger partial charge < -0.3 is 10.2 Å². The number of para-hydroxylation sites is 1. The van der Waals surface area contributed by atoms with Crippen LogP contribution in [0.15, 0.2) is 53.5 Å². The van der Waals surface area contributed by atoms with Crippen molar-refractivity contribution in [2.45, 2.75) is 32.2 Å². The molecule has 2 aromatic carbocycles. The van der Waals surface area contributed by atoms with Crippen LogP contribution in [-0.4, -0.2) is 38.6 Å². The van der Waals surface area contributed by atoms with Gasteiger partial charge in [-0.1, -0.05) is 6.07 Å². The van der Waals surface area contributed by atoms with Crippen molar-refractivity contribution < 1.29 is 13.6 Å². The van der Waals surface area contributed by atoms with Gasteiger partial charge in [0.1, 0.15) is 11.4 Å². The van der Waals surface area contributed by atoms with Crippen LogP contribution >= 0.6 is 0 Å². The summed E-state index contributed by atoms with van der Waals surface area (Å²) in [5.74, 6) is -1.82. The summed E-state index contributed by atoms with van der Waals surface area (Å²) in [5, 5.41) is 12.6. The maximum Gasteiger partial charge on any atom is 0.276 e. The SMILES string of the molecule is O=C(Nc1ccc2nn(CC3CC3)cc2c1N1CCCC1)c1ccc(=O)n(-c2c(F)cccc2F)n1. The van der Waals surface area contributed by atoms with Crippen LogP contribution in [0.5, 0.6) is 0 Å². The Labute approximate surface area is 205 Å². The van der Waals surface area contributed by atoms with E-state index in [-0.39, 0.29) is 5.69 Å². The Balaban J connectivity index is 1.37. The summed E-state index contributed by atoms with van der Waals surface area (Å²) in [6.45, 7) is 2.62. The molecule has 1 saturated carbocycles. The number of aromatic nitrogens is 4. The molecule has 10 heteroatoms. The van der Waals surface area contributed by atoms with E-state index >= 15 is 0 Å². The van der Waals surface area contributed by atoms with Gasteiger partial charge in [0, 0.05) is 37.3 Å². The average molecular weight is 491 g/mol. The highest BCUT2D eigenvalue weighted by Crippen LogP contribution is 2.37. The summed E-state index contributed by atoms with van der Waals surface area (Å²) >= 11 is 0. The lowest BCUT2D eigenvalue weighted by Crippen LogP contribution is -2.27. The smallest absolute Gasteiger partial charge is 0.276 e. The van der Waals surface area contributed by atoms with Crippen LogP contribution < -0.4 is 15.8 Å². The number of carbonyl (C=O) groups is 1. The Kier molecular flexibility index (Phi) is 5.50. The van der Waals surface area contributed by atoms with E-state index in [9.17, 15) is 18.4 Å². The minimum Gasteiger partial charge on any atom is -0.369 e. The fourth-order valence-electron chi connectivity index (χ4n) is 4.74. The highest BCUT2D eigenvalue weighted by atomic mass is 19.1. The lowest BCUT2D eigenvalue weighted by Gasteiger charge is -2.22. The highest BCUT2D eigenvalue weighted by Gasteiger charge is 2.25. The van der Waals surface area contributed by atoms with Gasteiger partial charge in [-0.05, 0) is 61.9 Å². The fraction of sp³-hybridized carbons (Fsp3) is 0.308. The molecule has 2 aliphatic rings. The van der Waals surface area contributed by atoms with Gasteiger partial charge in [0.15, 0.2) is 11.6 Å². The van der Waals surface area contributed by atoms with Crippen LogP contribution in [0.4, 0.5) is 20.2 Å². The van der Waals surface area contributed by atoms with E-state index in [1.165, 1.54) is 25.0 Å². The minimum absolute atomic E-state index is 0.144. The molecular formula is C26H24F2N6O2. The van der Waals surface area contributed by atoms with E-state index < -0.39 is 28.8 Å². The van der Waals surface area contributed by atoms with Gasteiger partial charge >= 0.3 is 0 Å². The number of halogens is 2. The lowest BCUT2D eigenvalue weighted by molar-refractivity contribution is 0.102. The Bertz CT molecular complexity index is 1520. The van der Waals surface area contributed by atoms with Crippen LogP contribution in [0.25, 0.3) is 16.6 Å². The standard InChI is InChI=1S/C26H24F2N6O2/c27-18-4-3-5-19(28)25(18)34-23(35)11-10-22(31-34)26(36)29-21-9-8-20-17(24(21)32-12-1-2-13-32)15-33(30-20)14-16-6-7-16/h3-5,8-11,15-16H,1-2,6-7,12-14H2,(H,29,36). The first-order valence-corrected chi connectivity index (χ1v) is 12.1. The van der Waals surface area contributed by atoms with Crippen LogP contribution in [0, 0.1) is 17.6 Å². The van der Waals surface area contributed by atoms with Crippen molar-refractivity contribution >= 4 is 28.2 Å². The van der Waals surface area contributed by atoms with Gasteiger partial charge in [0.25, 0.3) is 11.5 Å². The average Bonchev–Trinajstić information content (AvgIpc) is 3.33. The quantitative estimate of drug-likeness (QED) is 0.440. The van der Waals surface area contributed by atoms with Crippen molar-refractivity contribution in [1.29, 1.82) is 0 Å². The molecule has 0 radical (unpaired) electrons. The zero-order valence-electron chi connectivity index (χ0n) is 19.5. The fourth-order valence-corrected chi connectivity index (χ4v) is 4.74. The number of anilines is 2. The van der Waals surface area contributed by atoms with Crippen LogP contribution in [-0.2, 0) is 6.54 Å². The Morgan fingerprint density at radius 1 is 0.972 bits per heavy atom. The normalized spacial score (nSPS) is 15.6. The maximum absolute atomic E-state index is 14.3. The maximum atomic E-state index is 14.3. The predicted octanol–water partition coefficient (Wildman–Crippen LogP) is 4.12. The number of rotatable bonds is 6. The molecule has 6 rings (SSSR count). The first-order chi connectivity index (χ1) is 17.5. The molecule has 2 aromatic heterocycles. The Morgan fingerprint density at radius 3 is 2.44 bits per heavy atom. The van der Waals surface area contributed by atoms with Crippen molar-refractivity contribution in [2.24, 2.45) is 5.92 Å². The molecule has 0 atom stereocenters. The van der Waals surface area contributed by atoms with Crippen molar-refractivity contribution in [3.63, 3.8) is 0 Å². The number of benzene rings is 2. The van der Waals surface area contributed by atoms with Gasteiger partial charge in [-0.15, -0.1) is 0 Å². The molecule has 36 heavy (non-hydrogen) atoms. The molecular weight excluding hydrogens is 466 g/mol. The number of amides is 1. The van der Waals surface area contributed by atoms with E-state index in [4.69, 9.17) is 5.10 Å².